The summed E-state index contributed by atoms with van der Waals surface area (Å²) in [7, 11) is 0. The molecule has 1 unspecified atom stereocenters. The molecule has 2 aromatic rings. The molecule has 0 bridgehead atoms. The molecule has 1 fully saturated rings. The molecule has 1 aromatic heterocycles. The van der Waals surface area contributed by atoms with E-state index in [4.69, 9.17) is 9.26 Å². The Bertz CT molecular complexity index is 710. The summed E-state index contributed by atoms with van der Waals surface area (Å²) in [6.07, 6.45) is 1.94. The molecule has 2 heterocycles. The number of amides is 1. The first-order valence-corrected chi connectivity index (χ1v) is 8.23. The number of nitrogens with zero attached hydrogens (tertiary/aromatic N) is 2. The lowest BCUT2D eigenvalue weighted by molar-refractivity contribution is 0.00720. The van der Waals surface area contributed by atoms with E-state index in [1.165, 1.54) is 12.1 Å². The van der Waals surface area contributed by atoms with E-state index in [-0.39, 0.29) is 17.8 Å². The van der Waals surface area contributed by atoms with Gasteiger partial charge in [0.05, 0.1) is 6.10 Å². The average molecular weight is 332 g/mol. The lowest BCUT2D eigenvalue weighted by Gasteiger charge is -2.32. The number of piperidine rings is 1. The number of ether oxygens (including phenoxy) is 1. The molecule has 0 saturated carbocycles. The van der Waals surface area contributed by atoms with Gasteiger partial charge in [-0.2, -0.15) is 0 Å². The summed E-state index contributed by atoms with van der Waals surface area (Å²) in [5.74, 6) is 0.0257. The van der Waals surface area contributed by atoms with Crippen LogP contribution in [0.5, 0.6) is 0 Å². The maximum absolute atomic E-state index is 13.1. The number of rotatable bonds is 4. The van der Waals surface area contributed by atoms with Crippen molar-refractivity contribution in [3.8, 4) is 11.3 Å². The van der Waals surface area contributed by atoms with Crippen LogP contribution in [0, 0.1) is 12.7 Å². The third-order valence-electron chi connectivity index (χ3n) is 4.26. The van der Waals surface area contributed by atoms with Gasteiger partial charge in [-0.1, -0.05) is 5.16 Å². The maximum atomic E-state index is 13.1. The number of hydrogen-bond donors (Lipinski definition) is 0. The molecule has 6 heteroatoms. The Kier molecular flexibility index (Phi) is 4.94. The SMILES string of the molecule is CCOC1CCCN(C(=O)c2c(-c3ccc(F)cc3)noc2C)C1. The van der Waals surface area contributed by atoms with Crippen LogP contribution in [0.3, 0.4) is 0 Å². The zero-order valence-electron chi connectivity index (χ0n) is 13.9. The van der Waals surface area contributed by atoms with Crippen LogP contribution in [0.25, 0.3) is 11.3 Å². The molecule has 0 N–H and O–H groups in total. The Balaban J connectivity index is 1.87. The number of aryl methyl sites for hydroxylation is 1. The fraction of sp³-hybridized carbons (Fsp3) is 0.444. The summed E-state index contributed by atoms with van der Waals surface area (Å²) in [5.41, 5.74) is 1.56. The van der Waals surface area contributed by atoms with Gasteiger partial charge in [-0.15, -0.1) is 0 Å². The molecule has 0 aliphatic carbocycles. The molecule has 3 rings (SSSR count). The molecule has 1 amide bonds. The van der Waals surface area contributed by atoms with Crippen LogP contribution in [0.15, 0.2) is 28.8 Å². The number of carbonyl (C=O) groups is 1. The zero-order chi connectivity index (χ0) is 17.1. The number of halogens is 1. The summed E-state index contributed by atoms with van der Waals surface area (Å²) in [4.78, 5) is 14.8. The molecular weight excluding hydrogens is 311 g/mol. The van der Waals surface area contributed by atoms with Crippen molar-refractivity contribution in [3.63, 3.8) is 0 Å². The van der Waals surface area contributed by atoms with Gasteiger partial charge in [0.1, 0.15) is 22.8 Å². The second-order valence-corrected chi connectivity index (χ2v) is 5.94. The molecule has 1 aliphatic rings. The topological polar surface area (TPSA) is 55.6 Å². The van der Waals surface area contributed by atoms with Gasteiger partial charge in [-0.05, 0) is 51.0 Å². The number of aromatic nitrogens is 1. The monoisotopic (exact) mass is 332 g/mol. The van der Waals surface area contributed by atoms with Gasteiger partial charge in [0.25, 0.3) is 5.91 Å². The summed E-state index contributed by atoms with van der Waals surface area (Å²) < 4.78 is 24.0. The van der Waals surface area contributed by atoms with E-state index in [9.17, 15) is 9.18 Å². The summed E-state index contributed by atoms with van der Waals surface area (Å²) in [5, 5.41) is 4.01. The van der Waals surface area contributed by atoms with Crippen LogP contribution in [-0.2, 0) is 4.74 Å². The normalized spacial score (nSPS) is 18.0. The smallest absolute Gasteiger partial charge is 0.259 e. The van der Waals surface area contributed by atoms with E-state index in [1.807, 2.05) is 6.92 Å². The predicted octanol–water partition coefficient (Wildman–Crippen LogP) is 3.43. The Hall–Kier alpha value is -2.21. The number of likely N-dealkylation sites (tertiary alicyclic amines) is 1. The Morgan fingerprint density at radius 2 is 2.17 bits per heavy atom. The molecule has 24 heavy (non-hydrogen) atoms. The van der Waals surface area contributed by atoms with Crippen molar-refractivity contribution in [1.82, 2.24) is 10.1 Å². The van der Waals surface area contributed by atoms with Crippen LogP contribution in [-0.4, -0.2) is 41.8 Å². The average Bonchev–Trinajstić information content (AvgIpc) is 2.97. The van der Waals surface area contributed by atoms with E-state index in [0.717, 1.165) is 12.8 Å². The lowest BCUT2D eigenvalue weighted by Crippen LogP contribution is -2.43. The van der Waals surface area contributed by atoms with Crippen molar-refractivity contribution in [3.05, 3.63) is 41.4 Å². The third-order valence-corrected chi connectivity index (χ3v) is 4.26. The van der Waals surface area contributed by atoms with Crippen LogP contribution < -0.4 is 0 Å². The second-order valence-electron chi connectivity index (χ2n) is 5.94. The zero-order valence-corrected chi connectivity index (χ0v) is 13.9. The van der Waals surface area contributed by atoms with Gasteiger partial charge >= 0.3 is 0 Å². The number of benzene rings is 1. The van der Waals surface area contributed by atoms with Gasteiger partial charge in [0, 0.05) is 25.3 Å². The minimum atomic E-state index is -0.331. The maximum Gasteiger partial charge on any atom is 0.259 e. The first kappa shape index (κ1) is 16.6. The standard InChI is InChI=1S/C18H21FN2O3/c1-3-23-15-5-4-10-21(11-15)18(22)16-12(2)24-20-17(16)13-6-8-14(19)9-7-13/h6-9,15H,3-5,10-11H2,1-2H3. The third kappa shape index (κ3) is 3.33. The van der Waals surface area contributed by atoms with E-state index in [1.54, 1.807) is 24.0 Å². The highest BCUT2D eigenvalue weighted by Crippen LogP contribution is 2.28. The van der Waals surface area contributed by atoms with Crippen LogP contribution in [0.1, 0.15) is 35.9 Å². The number of carbonyl (C=O) groups excluding carboxylic acids is 1. The van der Waals surface area contributed by atoms with E-state index in [0.29, 0.717) is 42.3 Å². The highest BCUT2D eigenvalue weighted by atomic mass is 19.1. The summed E-state index contributed by atoms with van der Waals surface area (Å²) in [6, 6.07) is 5.89. The molecule has 1 aliphatic heterocycles. The fourth-order valence-electron chi connectivity index (χ4n) is 3.08. The highest BCUT2D eigenvalue weighted by Gasteiger charge is 2.30. The Labute approximate surface area is 140 Å². The van der Waals surface area contributed by atoms with E-state index < -0.39 is 0 Å². The van der Waals surface area contributed by atoms with Gasteiger partial charge in [0.2, 0.25) is 0 Å². The Morgan fingerprint density at radius 3 is 2.88 bits per heavy atom. The minimum Gasteiger partial charge on any atom is -0.377 e. The van der Waals surface area contributed by atoms with Crippen molar-refractivity contribution in [1.29, 1.82) is 0 Å². The fourth-order valence-corrected chi connectivity index (χ4v) is 3.08. The molecule has 0 radical (unpaired) electrons. The van der Waals surface area contributed by atoms with Crippen molar-refractivity contribution >= 4 is 5.91 Å². The predicted molar refractivity (Wildman–Crippen MR) is 87.2 cm³/mol. The van der Waals surface area contributed by atoms with Crippen LogP contribution >= 0.6 is 0 Å². The van der Waals surface area contributed by atoms with Gasteiger partial charge in [0.15, 0.2) is 0 Å². The second kappa shape index (κ2) is 7.13. The van der Waals surface area contributed by atoms with Crippen LogP contribution in [0.2, 0.25) is 0 Å². The minimum absolute atomic E-state index is 0.0714. The van der Waals surface area contributed by atoms with Crippen molar-refractivity contribution in [2.24, 2.45) is 0 Å². The summed E-state index contributed by atoms with van der Waals surface area (Å²) in [6.45, 7) is 5.57. The van der Waals surface area contributed by atoms with Crippen molar-refractivity contribution in [2.45, 2.75) is 32.8 Å². The molecule has 1 saturated heterocycles. The van der Waals surface area contributed by atoms with E-state index >= 15 is 0 Å². The molecule has 5 nitrogen and oxygen atoms in total. The lowest BCUT2D eigenvalue weighted by atomic mass is 10.0. The summed E-state index contributed by atoms with van der Waals surface area (Å²) >= 11 is 0. The quantitative estimate of drug-likeness (QED) is 0.861. The highest BCUT2D eigenvalue weighted by molar-refractivity contribution is 6.00. The molecule has 0 spiro atoms. The van der Waals surface area contributed by atoms with Crippen molar-refractivity contribution < 1.29 is 18.4 Å². The first-order valence-electron chi connectivity index (χ1n) is 8.23. The van der Waals surface area contributed by atoms with Crippen molar-refractivity contribution in [2.75, 3.05) is 19.7 Å². The van der Waals surface area contributed by atoms with Gasteiger partial charge in [-0.3, -0.25) is 4.79 Å². The molecule has 1 aromatic carbocycles. The molecule has 128 valence electrons. The number of hydrogen-bond acceptors (Lipinski definition) is 4. The molecular formula is C18H21FN2O3. The first-order chi connectivity index (χ1) is 11.6. The largest absolute Gasteiger partial charge is 0.377 e. The van der Waals surface area contributed by atoms with E-state index in [2.05, 4.69) is 5.16 Å². The van der Waals surface area contributed by atoms with Gasteiger partial charge in [-0.25, -0.2) is 4.39 Å². The molecule has 1 atom stereocenters. The Morgan fingerprint density at radius 1 is 1.42 bits per heavy atom. The van der Waals surface area contributed by atoms with Crippen LogP contribution in [0.4, 0.5) is 4.39 Å². The van der Waals surface area contributed by atoms with Gasteiger partial charge < -0.3 is 14.2 Å².